The van der Waals surface area contributed by atoms with Gasteiger partial charge in [-0.2, -0.15) is 0 Å². The van der Waals surface area contributed by atoms with Gasteiger partial charge in [-0.05, 0) is 30.3 Å². The SMILES string of the molecule is CC(=O)Nc1ccc(C#CCNC(=O)c2cccc([N+](=O)[O-])c2)cc1. The fourth-order valence-corrected chi connectivity index (χ4v) is 1.97. The van der Waals surface area contributed by atoms with E-state index in [0.29, 0.717) is 5.69 Å². The molecule has 2 aromatic carbocycles. The van der Waals surface area contributed by atoms with E-state index in [9.17, 15) is 19.7 Å². The van der Waals surface area contributed by atoms with E-state index in [1.807, 2.05) is 0 Å². The molecular weight excluding hydrogens is 322 g/mol. The summed E-state index contributed by atoms with van der Waals surface area (Å²) in [4.78, 5) is 33.0. The lowest BCUT2D eigenvalue weighted by atomic mass is 10.2. The van der Waals surface area contributed by atoms with Gasteiger partial charge in [0.2, 0.25) is 5.91 Å². The highest BCUT2D eigenvalue weighted by Crippen LogP contribution is 2.12. The summed E-state index contributed by atoms with van der Waals surface area (Å²) in [5.74, 6) is 5.09. The maximum absolute atomic E-state index is 11.9. The zero-order valence-corrected chi connectivity index (χ0v) is 13.4. The normalized spacial score (nSPS) is 9.48. The van der Waals surface area contributed by atoms with Crippen molar-refractivity contribution < 1.29 is 14.5 Å². The minimum absolute atomic E-state index is 0.106. The van der Waals surface area contributed by atoms with Crippen molar-refractivity contribution in [2.24, 2.45) is 0 Å². The molecule has 0 radical (unpaired) electrons. The summed E-state index contributed by atoms with van der Waals surface area (Å²) in [6.07, 6.45) is 0. The summed E-state index contributed by atoms with van der Waals surface area (Å²) in [7, 11) is 0. The molecule has 7 nitrogen and oxygen atoms in total. The van der Waals surface area contributed by atoms with E-state index >= 15 is 0 Å². The molecule has 0 bridgehead atoms. The van der Waals surface area contributed by atoms with Crippen LogP contribution in [0.3, 0.4) is 0 Å². The van der Waals surface area contributed by atoms with Crippen LogP contribution in [-0.2, 0) is 4.79 Å². The van der Waals surface area contributed by atoms with Crippen molar-refractivity contribution in [2.45, 2.75) is 6.92 Å². The van der Waals surface area contributed by atoms with E-state index in [1.54, 1.807) is 24.3 Å². The molecule has 0 heterocycles. The van der Waals surface area contributed by atoms with E-state index in [-0.39, 0.29) is 23.7 Å². The van der Waals surface area contributed by atoms with E-state index < -0.39 is 10.8 Å². The Morgan fingerprint density at radius 1 is 1.16 bits per heavy atom. The van der Waals surface area contributed by atoms with Crippen LogP contribution in [0.15, 0.2) is 48.5 Å². The molecule has 0 aliphatic heterocycles. The smallest absolute Gasteiger partial charge is 0.270 e. The Morgan fingerprint density at radius 3 is 2.52 bits per heavy atom. The first-order valence-corrected chi connectivity index (χ1v) is 7.35. The molecular formula is C18H15N3O4. The number of hydrogen-bond donors (Lipinski definition) is 2. The second kappa shape index (κ2) is 8.26. The van der Waals surface area contributed by atoms with E-state index in [4.69, 9.17) is 0 Å². The highest BCUT2D eigenvalue weighted by molar-refractivity contribution is 5.94. The van der Waals surface area contributed by atoms with Crippen LogP contribution in [0.5, 0.6) is 0 Å². The molecule has 2 rings (SSSR count). The summed E-state index contributed by atoms with van der Waals surface area (Å²) >= 11 is 0. The molecule has 0 aliphatic rings. The molecule has 0 spiro atoms. The minimum atomic E-state index is -0.554. The molecule has 25 heavy (non-hydrogen) atoms. The molecule has 0 aromatic heterocycles. The van der Waals surface area contributed by atoms with Crippen LogP contribution in [0.1, 0.15) is 22.8 Å². The van der Waals surface area contributed by atoms with Crippen molar-refractivity contribution in [2.75, 3.05) is 11.9 Å². The summed E-state index contributed by atoms with van der Waals surface area (Å²) < 4.78 is 0. The number of carbonyl (C=O) groups is 2. The molecule has 2 N–H and O–H groups in total. The van der Waals surface area contributed by atoms with Crippen molar-refractivity contribution in [3.8, 4) is 11.8 Å². The van der Waals surface area contributed by atoms with Crippen molar-refractivity contribution >= 4 is 23.2 Å². The largest absolute Gasteiger partial charge is 0.341 e. The number of nitro groups is 1. The van der Waals surface area contributed by atoms with E-state index in [1.165, 1.54) is 31.2 Å². The average molecular weight is 337 g/mol. The Kier molecular flexibility index (Phi) is 5.85. The molecule has 0 atom stereocenters. The van der Waals surface area contributed by atoms with Gasteiger partial charge in [-0.3, -0.25) is 19.7 Å². The van der Waals surface area contributed by atoms with Crippen molar-refractivity contribution in [3.63, 3.8) is 0 Å². The Morgan fingerprint density at radius 2 is 1.88 bits per heavy atom. The van der Waals surface area contributed by atoms with Crippen molar-refractivity contribution in [3.05, 3.63) is 69.8 Å². The fourth-order valence-electron chi connectivity index (χ4n) is 1.97. The highest BCUT2D eigenvalue weighted by Gasteiger charge is 2.10. The molecule has 0 fully saturated rings. The van der Waals surface area contributed by atoms with Gasteiger partial charge in [-0.25, -0.2) is 0 Å². The van der Waals surface area contributed by atoms with Gasteiger partial charge in [0.05, 0.1) is 11.5 Å². The Hall–Kier alpha value is -3.66. The van der Waals surface area contributed by atoms with Crippen LogP contribution in [0.4, 0.5) is 11.4 Å². The first-order chi connectivity index (χ1) is 12.0. The lowest BCUT2D eigenvalue weighted by Crippen LogP contribution is -2.23. The number of carbonyl (C=O) groups excluding carboxylic acids is 2. The van der Waals surface area contributed by atoms with Crippen LogP contribution in [-0.4, -0.2) is 23.3 Å². The molecule has 0 unspecified atom stereocenters. The van der Waals surface area contributed by atoms with Gasteiger partial charge in [-0.15, -0.1) is 0 Å². The van der Waals surface area contributed by atoms with Crippen LogP contribution in [0, 0.1) is 22.0 Å². The number of hydrogen-bond acceptors (Lipinski definition) is 4. The zero-order valence-electron chi connectivity index (χ0n) is 13.4. The molecule has 2 aromatic rings. The molecule has 0 saturated carbocycles. The summed E-state index contributed by atoms with van der Waals surface area (Å²) in [6.45, 7) is 1.53. The second-order valence-electron chi connectivity index (χ2n) is 5.05. The predicted octanol–water partition coefficient (Wildman–Crippen LogP) is 2.33. The lowest BCUT2D eigenvalue weighted by molar-refractivity contribution is -0.384. The first-order valence-electron chi connectivity index (χ1n) is 7.35. The van der Waals surface area contributed by atoms with Crippen LogP contribution in [0.25, 0.3) is 0 Å². The summed E-state index contributed by atoms with van der Waals surface area (Å²) in [5.41, 5.74) is 1.48. The monoisotopic (exact) mass is 337 g/mol. The van der Waals surface area contributed by atoms with Gasteiger partial charge in [0.25, 0.3) is 11.6 Å². The topological polar surface area (TPSA) is 101 Å². The number of benzene rings is 2. The van der Waals surface area contributed by atoms with Crippen molar-refractivity contribution in [1.29, 1.82) is 0 Å². The quantitative estimate of drug-likeness (QED) is 0.508. The Bertz CT molecular complexity index is 864. The Balaban J connectivity index is 1.91. The van der Waals surface area contributed by atoms with Gasteiger partial charge in [-0.1, -0.05) is 17.9 Å². The van der Waals surface area contributed by atoms with Gasteiger partial charge in [0, 0.05) is 35.9 Å². The standard InChI is InChI=1S/C18H15N3O4/c1-13(22)20-16-9-7-14(8-10-16)4-3-11-19-18(23)15-5-2-6-17(12-15)21(24)25/h2,5-10,12H,11H2,1H3,(H,19,23)(H,20,22). The highest BCUT2D eigenvalue weighted by atomic mass is 16.6. The number of non-ortho nitro benzene ring substituents is 1. The number of nitrogens with zero attached hydrogens (tertiary/aromatic N) is 1. The molecule has 7 heteroatoms. The number of rotatable bonds is 4. The number of nitro benzene ring substituents is 1. The molecule has 126 valence electrons. The van der Waals surface area contributed by atoms with Gasteiger partial charge in [0.15, 0.2) is 0 Å². The minimum Gasteiger partial charge on any atom is -0.341 e. The third-order valence-corrected chi connectivity index (χ3v) is 3.09. The lowest BCUT2D eigenvalue weighted by Gasteiger charge is -2.01. The van der Waals surface area contributed by atoms with Crippen molar-refractivity contribution in [1.82, 2.24) is 5.32 Å². The number of anilines is 1. The fraction of sp³-hybridized carbons (Fsp3) is 0.111. The average Bonchev–Trinajstić information content (AvgIpc) is 2.59. The summed E-state index contributed by atoms with van der Waals surface area (Å²) in [5, 5.41) is 15.9. The van der Waals surface area contributed by atoms with Crippen LogP contribution < -0.4 is 10.6 Å². The maximum Gasteiger partial charge on any atom is 0.270 e. The van der Waals surface area contributed by atoms with Gasteiger partial charge in [0.1, 0.15) is 0 Å². The molecule has 0 aliphatic carbocycles. The number of nitrogens with one attached hydrogen (secondary N) is 2. The third-order valence-electron chi connectivity index (χ3n) is 3.09. The zero-order chi connectivity index (χ0) is 18.2. The summed E-state index contributed by atoms with van der Waals surface area (Å²) in [6, 6.07) is 12.4. The van der Waals surface area contributed by atoms with Crippen LogP contribution in [0.2, 0.25) is 0 Å². The van der Waals surface area contributed by atoms with Gasteiger partial charge < -0.3 is 10.6 Å². The number of amides is 2. The molecule has 2 amide bonds. The maximum atomic E-state index is 11.9. The van der Waals surface area contributed by atoms with E-state index in [2.05, 4.69) is 22.5 Å². The second-order valence-corrected chi connectivity index (χ2v) is 5.05. The first kappa shape index (κ1) is 17.7. The third kappa shape index (κ3) is 5.48. The Labute approximate surface area is 144 Å². The van der Waals surface area contributed by atoms with Crippen LogP contribution >= 0.6 is 0 Å². The predicted molar refractivity (Wildman–Crippen MR) is 93.1 cm³/mol. The van der Waals surface area contributed by atoms with Gasteiger partial charge >= 0.3 is 0 Å². The van der Waals surface area contributed by atoms with E-state index in [0.717, 1.165) is 5.56 Å². The molecule has 0 saturated heterocycles.